The summed E-state index contributed by atoms with van der Waals surface area (Å²) in [4.78, 5) is 4.67. The van der Waals surface area contributed by atoms with Crippen LogP contribution in [0.1, 0.15) is 43.5 Å². The lowest BCUT2D eigenvalue weighted by atomic mass is 10.00. The van der Waals surface area contributed by atoms with Crippen LogP contribution in [0.2, 0.25) is 0 Å². The van der Waals surface area contributed by atoms with Gasteiger partial charge in [0.05, 0.1) is 15.2 Å². The number of rotatable bonds is 5. The van der Waals surface area contributed by atoms with Crippen molar-refractivity contribution < 1.29 is 0 Å². The number of nitrogens with zero attached hydrogens (tertiary/aromatic N) is 1. The molecule has 1 aliphatic rings. The molecule has 1 fully saturated rings. The SMILES string of the molecule is ClC(CCC1CCCC1)Cc1nc2ccccc2s1. The van der Waals surface area contributed by atoms with Crippen molar-refractivity contribution in [2.24, 2.45) is 5.92 Å². The molecule has 102 valence electrons. The van der Waals surface area contributed by atoms with E-state index in [1.54, 1.807) is 11.3 Å². The Kier molecular flexibility index (Phi) is 4.39. The van der Waals surface area contributed by atoms with Crippen LogP contribution in [-0.2, 0) is 6.42 Å². The Labute approximate surface area is 124 Å². The first-order valence-corrected chi connectivity index (χ1v) is 8.55. The maximum atomic E-state index is 6.49. The summed E-state index contributed by atoms with van der Waals surface area (Å²) in [5.74, 6) is 0.941. The number of para-hydroxylation sites is 1. The van der Waals surface area contributed by atoms with Gasteiger partial charge in [0.1, 0.15) is 0 Å². The standard InChI is InChI=1S/C16H20ClNS/c17-13(10-9-12-5-1-2-6-12)11-16-18-14-7-3-4-8-15(14)19-16/h3-4,7-8,12-13H,1-2,5-6,9-11H2. The molecule has 0 N–H and O–H groups in total. The summed E-state index contributed by atoms with van der Waals surface area (Å²) < 4.78 is 1.28. The Morgan fingerprint density at radius 3 is 2.84 bits per heavy atom. The molecule has 0 aliphatic heterocycles. The van der Waals surface area contributed by atoms with Crippen molar-refractivity contribution >= 4 is 33.2 Å². The van der Waals surface area contributed by atoms with Crippen LogP contribution in [0.15, 0.2) is 24.3 Å². The number of hydrogen-bond acceptors (Lipinski definition) is 2. The molecule has 3 rings (SSSR count). The van der Waals surface area contributed by atoms with Crippen LogP contribution in [0.5, 0.6) is 0 Å². The van der Waals surface area contributed by atoms with E-state index in [-0.39, 0.29) is 5.38 Å². The van der Waals surface area contributed by atoms with Gasteiger partial charge in [0, 0.05) is 11.8 Å². The monoisotopic (exact) mass is 293 g/mol. The Bertz CT molecular complexity index is 497. The third-order valence-corrected chi connectivity index (χ3v) is 5.53. The normalized spacial score (nSPS) is 18.2. The molecule has 2 aromatic rings. The Morgan fingerprint density at radius 2 is 2.05 bits per heavy atom. The summed E-state index contributed by atoms with van der Waals surface area (Å²) in [5.41, 5.74) is 1.11. The lowest BCUT2D eigenvalue weighted by Gasteiger charge is -2.11. The summed E-state index contributed by atoms with van der Waals surface area (Å²) in [5, 5.41) is 1.44. The van der Waals surface area contributed by atoms with Gasteiger partial charge in [-0.3, -0.25) is 0 Å². The van der Waals surface area contributed by atoms with Gasteiger partial charge in [0.25, 0.3) is 0 Å². The first-order chi connectivity index (χ1) is 9.31. The zero-order chi connectivity index (χ0) is 13.1. The second-order valence-electron chi connectivity index (χ2n) is 5.60. The third kappa shape index (κ3) is 3.49. The molecule has 1 aliphatic carbocycles. The van der Waals surface area contributed by atoms with Gasteiger partial charge in [-0.05, 0) is 30.9 Å². The van der Waals surface area contributed by atoms with Crippen molar-refractivity contribution in [3.05, 3.63) is 29.3 Å². The lowest BCUT2D eigenvalue weighted by Crippen LogP contribution is -2.06. The molecule has 1 heterocycles. The average molecular weight is 294 g/mol. The molecule has 1 nitrogen and oxygen atoms in total. The van der Waals surface area contributed by atoms with Gasteiger partial charge in [-0.2, -0.15) is 0 Å². The highest BCUT2D eigenvalue weighted by molar-refractivity contribution is 7.18. The van der Waals surface area contributed by atoms with Crippen molar-refractivity contribution in [1.29, 1.82) is 0 Å². The minimum atomic E-state index is 0.251. The van der Waals surface area contributed by atoms with Gasteiger partial charge in [0.15, 0.2) is 0 Å². The number of alkyl halides is 1. The Hall–Kier alpha value is -0.600. The quantitative estimate of drug-likeness (QED) is 0.671. The third-order valence-electron chi connectivity index (χ3n) is 4.10. The molecule has 3 heteroatoms. The fraction of sp³-hybridized carbons (Fsp3) is 0.562. The van der Waals surface area contributed by atoms with E-state index >= 15 is 0 Å². The smallest absolute Gasteiger partial charge is 0.0953 e. The Balaban J connectivity index is 1.54. The lowest BCUT2D eigenvalue weighted by molar-refractivity contribution is 0.476. The van der Waals surface area contributed by atoms with Gasteiger partial charge in [-0.1, -0.05) is 37.8 Å². The van der Waals surface area contributed by atoms with Crippen LogP contribution in [0.25, 0.3) is 10.2 Å². The highest BCUT2D eigenvalue weighted by Gasteiger charge is 2.17. The van der Waals surface area contributed by atoms with Crippen LogP contribution in [-0.4, -0.2) is 10.4 Å². The minimum Gasteiger partial charge on any atom is -0.241 e. The number of fused-ring (bicyclic) bond motifs is 1. The van der Waals surface area contributed by atoms with Crippen LogP contribution >= 0.6 is 22.9 Å². The summed E-state index contributed by atoms with van der Waals surface area (Å²) in [7, 11) is 0. The molecule has 1 unspecified atom stereocenters. The van der Waals surface area contributed by atoms with Crippen molar-refractivity contribution in [2.45, 2.75) is 50.3 Å². The number of thiazole rings is 1. The van der Waals surface area contributed by atoms with Crippen LogP contribution < -0.4 is 0 Å². The molecule has 0 saturated heterocycles. The molecular weight excluding hydrogens is 274 g/mol. The van der Waals surface area contributed by atoms with Crippen molar-refractivity contribution in [3.8, 4) is 0 Å². The molecule has 0 bridgehead atoms. The average Bonchev–Trinajstić information content (AvgIpc) is 3.04. The zero-order valence-electron chi connectivity index (χ0n) is 11.1. The Morgan fingerprint density at radius 1 is 1.26 bits per heavy atom. The first kappa shape index (κ1) is 13.4. The highest BCUT2D eigenvalue weighted by atomic mass is 35.5. The second kappa shape index (κ2) is 6.23. The molecule has 0 amide bonds. The summed E-state index contributed by atoms with van der Waals surface area (Å²) in [6.07, 6.45) is 9.06. The van der Waals surface area contributed by atoms with E-state index in [1.165, 1.54) is 41.8 Å². The fourth-order valence-corrected chi connectivity index (χ4v) is 4.43. The largest absolute Gasteiger partial charge is 0.241 e. The van der Waals surface area contributed by atoms with Crippen LogP contribution in [0, 0.1) is 5.92 Å². The van der Waals surface area contributed by atoms with Gasteiger partial charge in [-0.15, -0.1) is 22.9 Å². The van der Waals surface area contributed by atoms with E-state index in [1.807, 2.05) is 6.07 Å². The molecule has 0 spiro atoms. The molecule has 19 heavy (non-hydrogen) atoms. The van der Waals surface area contributed by atoms with Crippen molar-refractivity contribution in [1.82, 2.24) is 4.98 Å². The van der Waals surface area contributed by atoms with E-state index in [9.17, 15) is 0 Å². The predicted molar refractivity (Wildman–Crippen MR) is 84.2 cm³/mol. The zero-order valence-corrected chi connectivity index (χ0v) is 12.7. The highest BCUT2D eigenvalue weighted by Crippen LogP contribution is 2.31. The van der Waals surface area contributed by atoms with E-state index in [4.69, 9.17) is 11.6 Å². The van der Waals surface area contributed by atoms with Gasteiger partial charge >= 0.3 is 0 Å². The van der Waals surface area contributed by atoms with E-state index < -0.39 is 0 Å². The number of halogens is 1. The second-order valence-corrected chi connectivity index (χ2v) is 7.34. The van der Waals surface area contributed by atoms with Gasteiger partial charge < -0.3 is 0 Å². The molecule has 1 aromatic heterocycles. The maximum Gasteiger partial charge on any atom is 0.0953 e. The van der Waals surface area contributed by atoms with E-state index in [0.29, 0.717) is 0 Å². The number of aromatic nitrogens is 1. The molecule has 0 radical (unpaired) electrons. The molecular formula is C16H20ClNS. The number of hydrogen-bond donors (Lipinski definition) is 0. The maximum absolute atomic E-state index is 6.49. The first-order valence-electron chi connectivity index (χ1n) is 7.30. The van der Waals surface area contributed by atoms with Crippen molar-refractivity contribution in [3.63, 3.8) is 0 Å². The predicted octanol–water partition coefficient (Wildman–Crippen LogP) is 5.42. The topological polar surface area (TPSA) is 12.9 Å². The summed E-state index contributed by atoms with van der Waals surface area (Å²) in [6, 6.07) is 8.34. The molecule has 1 saturated carbocycles. The van der Waals surface area contributed by atoms with E-state index in [2.05, 4.69) is 23.2 Å². The van der Waals surface area contributed by atoms with Crippen molar-refractivity contribution in [2.75, 3.05) is 0 Å². The minimum absolute atomic E-state index is 0.251. The fourth-order valence-electron chi connectivity index (χ4n) is 3.01. The van der Waals surface area contributed by atoms with Gasteiger partial charge in [0.2, 0.25) is 0 Å². The summed E-state index contributed by atoms with van der Waals surface area (Å²) in [6.45, 7) is 0. The van der Waals surface area contributed by atoms with Crippen LogP contribution in [0.4, 0.5) is 0 Å². The van der Waals surface area contributed by atoms with E-state index in [0.717, 1.165) is 24.3 Å². The molecule has 1 aromatic carbocycles. The molecule has 1 atom stereocenters. The summed E-state index contributed by atoms with van der Waals surface area (Å²) >= 11 is 8.28. The van der Waals surface area contributed by atoms with Gasteiger partial charge in [-0.25, -0.2) is 4.98 Å². The van der Waals surface area contributed by atoms with Crippen LogP contribution in [0.3, 0.4) is 0 Å². The number of benzene rings is 1.